The Bertz CT molecular complexity index is 827. The molecule has 3 aromatic carbocycles. The summed E-state index contributed by atoms with van der Waals surface area (Å²) in [4.78, 5) is 10.9. The lowest BCUT2D eigenvalue weighted by atomic mass is 10.1. The summed E-state index contributed by atoms with van der Waals surface area (Å²) in [6.07, 6.45) is 0. The van der Waals surface area contributed by atoms with Crippen molar-refractivity contribution in [2.75, 3.05) is 0 Å². The van der Waals surface area contributed by atoms with Crippen molar-refractivity contribution in [2.45, 2.75) is 0 Å². The minimum Gasteiger partial charge on any atom is -0.478 e. The predicted molar refractivity (Wildman–Crippen MR) is 82.4 cm³/mol. The standard InChI is InChI=1S/C17H11ClO3/c18-15-10-13(17(19)20)6-8-16(15)21-14-7-5-11-3-1-2-4-12(11)9-14/h1-10H,(H,19,20). The lowest BCUT2D eigenvalue weighted by molar-refractivity contribution is 0.0697. The first-order valence-electron chi connectivity index (χ1n) is 6.33. The van der Waals surface area contributed by atoms with Crippen LogP contribution in [0.2, 0.25) is 5.02 Å². The second kappa shape index (κ2) is 5.46. The van der Waals surface area contributed by atoms with Crippen LogP contribution in [0.25, 0.3) is 10.8 Å². The van der Waals surface area contributed by atoms with E-state index in [9.17, 15) is 4.79 Å². The molecule has 0 aliphatic carbocycles. The quantitative estimate of drug-likeness (QED) is 0.741. The van der Waals surface area contributed by atoms with Crippen LogP contribution in [0.5, 0.6) is 11.5 Å². The fraction of sp³-hybridized carbons (Fsp3) is 0. The highest BCUT2D eigenvalue weighted by Crippen LogP contribution is 2.31. The molecular weight excluding hydrogens is 288 g/mol. The highest BCUT2D eigenvalue weighted by Gasteiger charge is 2.09. The minimum atomic E-state index is -1.02. The minimum absolute atomic E-state index is 0.130. The van der Waals surface area contributed by atoms with Gasteiger partial charge in [0.15, 0.2) is 0 Å². The number of hydrogen-bond donors (Lipinski definition) is 1. The molecule has 0 unspecified atom stereocenters. The van der Waals surface area contributed by atoms with Gasteiger partial charge in [-0.3, -0.25) is 0 Å². The molecule has 0 bridgehead atoms. The molecular formula is C17H11ClO3. The average Bonchev–Trinajstić information content (AvgIpc) is 2.49. The number of carboxylic acid groups (broad SMARTS) is 1. The van der Waals surface area contributed by atoms with E-state index in [4.69, 9.17) is 21.4 Å². The van der Waals surface area contributed by atoms with Crippen molar-refractivity contribution in [3.05, 3.63) is 71.2 Å². The Morgan fingerprint density at radius 3 is 2.43 bits per heavy atom. The fourth-order valence-corrected chi connectivity index (χ4v) is 2.29. The van der Waals surface area contributed by atoms with E-state index in [-0.39, 0.29) is 10.6 Å². The Balaban J connectivity index is 1.93. The van der Waals surface area contributed by atoms with Crippen molar-refractivity contribution < 1.29 is 14.6 Å². The Hall–Kier alpha value is -2.52. The first-order chi connectivity index (χ1) is 10.1. The zero-order valence-electron chi connectivity index (χ0n) is 10.9. The number of fused-ring (bicyclic) bond motifs is 1. The van der Waals surface area contributed by atoms with Gasteiger partial charge >= 0.3 is 5.97 Å². The Morgan fingerprint density at radius 2 is 1.71 bits per heavy atom. The molecule has 104 valence electrons. The summed E-state index contributed by atoms with van der Waals surface area (Å²) in [6, 6.07) is 18.1. The highest BCUT2D eigenvalue weighted by atomic mass is 35.5. The van der Waals surface area contributed by atoms with Crippen LogP contribution in [0, 0.1) is 0 Å². The van der Waals surface area contributed by atoms with Crippen molar-refractivity contribution in [3.63, 3.8) is 0 Å². The third-order valence-corrected chi connectivity index (χ3v) is 3.42. The fourth-order valence-electron chi connectivity index (χ4n) is 2.07. The molecule has 1 N–H and O–H groups in total. The molecule has 0 aliphatic heterocycles. The van der Waals surface area contributed by atoms with Crippen LogP contribution in [0.15, 0.2) is 60.7 Å². The number of benzene rings is 3. The molecule has 3 rings (SSSR count). The van der Waals surface area contributed by atoms with Crippen molar-refractivity contribution in [2.24, 2.45) is 0 Å². The maximum absolute atomic E-state index is 10.9. The molecule has 0 spiro atoms. The molecule has 0 fully saturated rings. The van der Waals surface area contributed by atoms with Crippen LogP contribution in [0.4, 0.5) is 0 Å². The highest BCUT2D eigenvalue weighted by molar-refractivity contribution is 6.32. The summed E-state index contributed by atoms with van der Waals surface area (Å²) in [5.41, 5.74) is 0.130. The van der Waals surface area contributed by atoms with Crippen LogP contribution < -0.4 is 4.74 Å². The third kappa shape index (κ3) is 2.83. The maximum Gasteiger partial charge on any atom is 0.335 e. The SMILES string of the molecule is O=C(O)c1ccc(Oc2ccc3ccccc3c2)c(Cl)c1. The van der Waals surface area contributed by atoms with Gasteiger partial charge in [0.2, 0.25) is 0 Å². The molecule has 0 saturated carbocycles. The van der Waals surface area contributed by atoms with Gasteiger partial charge in [-0.05, 0) is 41.1 Å². The molecule has 0 amide bonds. The van der Waals surface area contributed by atoms with E-state index >= 15 is 0 Å². The van der Waals surface area contributed by atoms with E-state index in [2.05, 4.69) is 0 Å². The van der Waals surface area contributed by atoms with E-state index in [1.807, 2.05) is 42.5 Å². The predicted octanol–water partition coefficient (Wildman–Crippen LogP) is 4.98. The zero-order valence-corrected chi connectivity index (χ0v) is 11.7. The number of halogens is 1. The average molecular weight is 299 g/mol. The maximum atomic E-state index is 10.9. The second-order valence-corrected chi connectivity index (χ2v) is 4.97. The van der Waals surface area contributed by atoms with E-state index in [1.54, 1.807) is 6.07 Å². The van der Waals surface area contributed by atoms with Crippen molar-refractivity contribution >= 4 is 28.3 Å². The van der Waals surface area contributed by atoms with Gasteiger partial charge in [-0.1, -0.05) is 41.9 Å². The van der Waals surface area contributed by atoms with Crippen LogP contribution in [-0.2, 0) is 0 Å². The molecule has 0 atom stereocenters. The van der Waals surface area contributed by atoms with E-state index in [0.717, 1.165) is 10.8 Å². The lowest BCUT2D eigenvalue weighted by Gasteiger charge is -2.09. The van der Waals surface area contributed by atoms with Crippen LogP contribution >= 0.6 is 11.6 Å². The summed E-state index contributed by atoms with van der Waals surface area (Å²) in [5, 5.41) is 11.4. The monoisotopic (exact) mass is 298 g/mol. The topological polar surface area (TPSA) is 46.5 Å². The van der Waals surface area contributed by atoms with Crippen LogP contribution in [0.1, 0.15) is 10.4 Å². The number of hydrogen-bond acceptors (Lipinski definition) is 2. The number of carbonyl (C=O) groups is 1. The Labute approximate surface area is 126 Å². The zero-order chi connectivity index (χ0) is 14.8. The van der Waals surface area contributed by atoms with Gasteiger partial charge in [0.05, 0.1) is 10.6 Å². The molecule has 4 heteroatoms. The second-order valence-electron chi connectivity index (χ2n) is 4.56. The van der Waals surface area contributed by atoms with Gasteiger partial charge in [0.25, 0.3) is 0 Å². The molecule has 0 aliphatic rings. The summed E-state index contributed by atoms with van der Waals surface area (Å²) in [7, 11) is 0. The lowest BCUT2D eigenvalue weighted by Crippen LogP contribution is -1.96. The number of aromatic carboxylic acids is 1. The van der Waals surface area contributed by atoms with Gasteiger partial charge in [-0.25, -0.2) is 4.79 Å². The van der Waals surface area contributed by atoms with Gasteiger partial charge in [-0.15, -0.1) is 0 Å². The molecule has 3 nitrogen and oxygen atoms in total. The molecule has 0 aromatic heterocycles. The molecule has 0 heterocycles. The number of ether oxygens (including phenoxy) is 1. The van der Waals surface area contributed by atoms with Crippen molar-refractivity contribution in [1.29, 1.82) is 0 Å². The summed E-state index contributed by atoms with van der Waals surface area (Å²) in [6.45, 7) is 0. The van der Waals surface area contributed by atoms with E-state index in [1.165, 1.54) is 12.1 Å². The normalized spacial score (nSPS) is 10.5. The smallest absolute Gasteiger partial charge is 0.335 e. The summed E-state index contributed by atoms with van der Waals surface area (Å²) < 4.78 is 5.73. The summed E-state index contributed by atoms with van der Waals surface area (Å²) >= 11 is 6.05. The van der Waals surface area contributed by atoms with Gasteiger partial charge in [0, 0.05) is 0 Å². The molecule has 3 aromatic rings. The van der Waals surface area contributed by atoms with Gasteiger partial charge < -0.3 is 9.84 Å². The van der Waals surface area contributed by atoms with Crippen molar-refractivity contribution in [3.8, 4) is 11.5 Å². The van der Waals surface area contributed by atoms with Crippen LogP contribution in [-0.4, -0.2) is 11.1 Å². The van der Waals surface area contributed by atoms with Crippen LogP contribution in [0.3, 0.4) is 0 Å². The molecule has 0 saturated heterocycles. The van der Waals surface area contributed by atoms with E-state index in [0.29, 0.717) is 11.5 Å². The molecule has 0 radical (unpaired) electrons. The van der Waals surface area contributed by atoms with Gasteiger partial charge in [-0.2, -0.15) is 0 Å². The number of rotatable bonds is 3. The molecule has 21 heavy (non-hydrogen) atoms. The van der Waals surface area contributed by atoms with Gasteiger partial charge in [0.1, 0.15) is 11.5 Å². The Morgan fingerprint density at radius 1 is 0.952 bits per heavy atom. The first kappa shape index (κ1) is 13.5. The summed E-state index contributed by atoms with van der Waals surface area (Å²) in [5.74, 6) is 0.0600. The largest absolute Gasteiger partial charge is 0.478 e. The third-order valence-electron chi connectivity index (χ3n) is 3.13. The van der Waals surface area contributed by atoms with E-state index < -0.39 is 5.97 Å². The number of carboxylic acids is 1. The first-order valence-corrected chi connectivity index (χ1v) is 6.71. The Kier molecular flexibility index (Phi) is 3.50. The van der Waals surface area contributed by atoms with Crippen molar-refractivity contribution in [1.82, 2.24) is 0 Å².